The molecule has 0 heterocycles. The molecule has 0 atom stereocenters. The lowest BCUT2D eigenvalue weighted by atomic mass is 10.1. The predicted octanol–water partition coefficient (Wildman–Crippen LogP) is 7.47. The van der Waals surface area contributed by atoms with Crippen molar-refractivity contribution in [1.29, 1.82) is 0 Å². The molecule has 0 rings (SSSR count). The molecular formula is C30H62N2O. The third-order valence-electron chi connectivity index (χ3n) is 6.48. The van der Waals surface area contributed by atoms with Crippen molar-refractivity contribution in [3.8, 4) is 0 Å². The molecule has 0 spiro atoms. The summed E-state index contributed by atoms with van der Waals surface area (Å²) in [5.41, 5.74) is 0. The lowest BCUT2D eigenvalue weighted by Gasteiger charge is -2.18. The van der Waals surface area contributed by atoms with E-state index >= 15 is 0 Å². The van der Waals surface area contributed by atoms with Gasteiger partial charge in [0.25, 0.3) is 0 Å². The van der Waals surface area contributed by atoms with Crippen LogP contribution in [-0.4, -0.2) is 32.1 Å². The van der Waals surface area contributed by atoms with Crippen molar-refractivity contribution in [2.24, 2.45) is 0 Å². The third kappa shape index (κ3) is 27.3. The Bertz CT molecular complexity index is 400. The molecule has 0 aromatic carbocycles. The van der Waals surface area contributed by atoms with Crippen LogP contribution in [0.3, 0.4) is 0 Å². The summed E-state index contributed by atoms with van der Waals surface area (Å²) in [6, 6.07) is 0. The average Bonchev–Trinajstić information content (AvgIpc) is 2.80. The maximum Gasteiger partial charge on any atom is 0.225 e. The molecule has 0 unspecified atom stereocenters. The maximum absolute atomic E-state index is 12.1. The summed E-state index contributed by atoms with van der Waals surface area (Å²) >= 11 is 0. The molecule has 3 nitrogen and oxygen atoms in total. The second-order valence-corrected chi connectivity index (χ2v) is 9.74. The van der Waals surface area contributed by atoms with E-state index in [1.54, 1.807) is 4.90 Å². The Labute approximate surface area is 209 Å². The predicted molar refractivity (Wildman–Crippen MR) is 149 cm³/mol. The van der Waals surface area contributed by atoms with E-state index in [9.17, 15) is 4.79 Å². The van der Waals surface area contributed by atoms with Crippen molar-refractivity contribution in [2.75, 3.05) is 26.2 Å². The van der Waals surface area contributed by atoms with Gasteiger partial charge in [-0.15, -0.1) is 0 Å². The summed E-state index contributed by atoms with van der Waals surface area (Å²) in [6.07, 6.45) is 29.1. The lowest BCUT2D eigenvalue weighted by molar-refractivity contribution is -0.900. The molecule has 0 aliphatic rings. The second-order valence-electron chi connectivity index (χ2n) is 9.74. The molecule has 3 heteroatoms. The quantitative estimate of drug-likeness (QED) is 0.0816. The molecule has 0 fully saturated rings. The molecule has 0 aromatic heterocycles. The van der Waals surface area contributed by atoms with Crippen molar-refractivity contribution in [1.82, 2.24) is 5.32 Å². The standard InChI is InChI=1S/C29H58N2O.CH3/c1-4-7-10-11-12-13-14-15-16-17-18-19-20-21-22-23-25-30-29(32)24-28-31(26-8-5-2)27-9-6-3;/h15-16H,4-14,17-28H2,1-3H3,(H,30,32);1H3/q;-1/p+1/b16-15-;. The molecule has 0 saturated heterocycles. The van der Waals surface area contributed by atoms with Gasteiger partial charge in [0, 0.05) is 6.54 Å². The fourth-order valence-electron chi connectivity index (χ4n) is 4.21. The van der Waals surface area contributed by atoms with Gasteiger partial charge in [-0.25, -0.2) is 0 Å². The molecule has 0 aliphatic carbocycles. The molecule has 33 heavy (non-hydrogen) atoms. The van der Waals surface area contributed by atoms with Gasteiger partial charge in [0.1, 0.15) is 0 Å². The first-order valence-corrected chi connectivity index (χ1v) is 14.5. The smallest absolute Gasteiger partial charge is 0.225 e. The van der Waals surface area contributed by atoms with Gasteiger partial charge >= 0.3 is 0 Å². The number of hydrogen-bond acceptors (Lipinski definition) is 1. The number of rotatable bonds is 25. The first-order chi connectivity index (χ1) is 15.7. The average molecular weight is 467 g/mol. The van der Waals surface area contributed by atoms with Gasteiger partial charge in [-0.2, -0.15) is 0 Å². The van der Waals surface area contributed by atoms with Crippen LogP contribution in [0, 0.1) is 7.43 Å². The summed E-state index contributed by atoms with van der Waals surface area (Å²) in [4.78, 5) is 13.7. The largest absolute Gasteiger partial charge is 0.358 e. The number of unbranched alkanes of at least 4 members (excludes halogenated alkanes) is 14. The van der Waals surface area contributed by atoms with Crippen molar-refractivity contribution in [3.63, 3.8) is 0 Å². The Morgan fingerprint density at radius 1 is 0.606 bits per heavy atom. The van der Waals surface area contributed by atoms with E-state index in [0.29, 0.717) is 6.42 Å². The van der Waals surface area contributed by atoms with E-state index < -0.39 is 0 Å². The highest BCUT2D eigenvalue weighted by molar-refractivity contribution is 5.75. The van der Waals surface area contributed by atoms with Crippen LogP contribution in [0.15, 0.2) is 12.2 Å². The number of nitrogens with one attached hydrogen (secondary N) is 2. The number of carbonyl (C=O) groups is 1. The molecular weight excluding hydrogens is 404 g/mol. The lowest BCUT2D eigenvalue weighted by Crippen LogP contribution is -3.12. The fourth-order valence-corrected chi connectivity index (χ4v) is 4.21. The van der Waals surface area contributed by atoms with E-state index in [-0.39, 0.29) is 13.3 Å². The second kappa shape index (κ2) is 29.2. The summed E-state index contributed by atoms with van der Waals surface area (Å²) in [5.74, 6) is 0.253. The Hall–Kier alpha value is -0.830. The van der Waals surface area contributed by atoms with E-state index in [4.69, 9.17) is 0 Å². The zero-order chi connectivity index (χ0) is 23.5. The van der Waals surface area contributed by atoms with Gasteiger partial charge in [0.2, 0.25) is 5.91 Å². The van der Waals surface area contributed by atoms with Crippen LogP contribution < -0.4 is 10.2 Å². The highest BCUT2D eigenvalue weighted by atomic mass is 16.1. The Kier molecular flexibility index (Phi) is 30.4. The SMILES string of the molecule is CCCCCCCC/C=C\CCCCCCCCNC(=O)CC[NH+](CCCC)CCCC.[CH3-]. The highest BCUT2D eigenvalue weighted by Gasteiger charge is 2.10. The summed E-state index contributed by atoms with van der Waals surface area (Å²) in [5, 5.41) is 3.14. The minimum absolute atomic E-state index is 0. The molecule has 2 N–H and O–H groups in total. The van der Waals surface area contributed by atoms with Crippen LogP contribution in [0.25, 0.3) is 0 Å². The normalized spacial score (nSPS) is 11.3. The molecule has 0 bridgehead atoms. The van der Waals surface area contributed by atoms with E-state index in [1.807, 2.05) is 0 Å². The van der Waals surface area contributed by atoms with Crippen LogP contribution >= 0.6 is 0 Å². The van der Waals surface area contributed by atoms with Gasteiger partial charge in [-0.3, -0.25) is 4.79 Å². The Morgan fingerprint density at radius 3 is 1.58 bits per heavy atom. The number of amides is 1. The third-order valence-corrected chi connectivity index (χ3v) is 6.48. The molecule has 0 aromatic rings. The first kappa shape index (κ1) is 34.3. The topological polar surface area (TPSA) is 33.5 Å². The minimum Gasteiger partial charge on any atom is -0.358 e. The number of quaternary nitrogens is 1. The molecule has 0 radical (unpaired) electrons. The summed E-state index contributed by atoms with van der Waals surface area (Å²) in [7, 11) is 0. The number of carbonyl (C=O) groups excluding carboxylic acids is 1. The van der Waals surface area contributed by atoms with Crippen LogP contribution in [0.2, 0.25) is 0 Å². The Morgan fingerprint density at radius 2 is 1.06 bits per heavy atom. The van der Waals surface area contributed by atoms with E-state index in [1.165, 1.54) is 122 Å². The van der Waals surface area contributed by atoms with Crippen molar-refractivity contribution in [2.45, 2.75) is 143 Å². The molecule has 1 amide bonds. The van der Waals surface area contributed by atoms with E-state index in [2.05, 4.69) is 38.2 Å². The minimum atomic E-state index is 0. The van der Waals surface area contributed by atoms with E-state index in [0.717, 1.165) is 19.5 Å². The van der Waals surface area contributed by atoms with Gasteiger partial charge < -0.3 is 17.6 Å². The fraction of sp³-hybridized carbons (Fsp3) is 0.867. The number of allylic oxidation sites excluding steroid dienone is 2. The van der Waals surface area contributed by atoms with Crippen molar-refractivity contribution >= 4 is 5.91 Å². The maximum atomic E-state index is 12.1. The highest BCUT2D eigenvalue weighted by Crippen LogP contribution is 2.09. The van der Waals surface area contributed by atoms with Gasteiger partial charge in [0.05, 0.1) is 26.1 Å². The van der Waals surface area contributed by atoms with Crippen molar-refractivity contribution in [3.05, 3.63) is 19.6 Å². The van der Waals surface area contributed by atoms with Gasteiger partial charge in [-0.05, 0) is 44.9 Å². The zero-order valence-corrected chi connectivity index (χ0v) is 23.3. The van der Waals surface area contributed by atoms with Crippen LogP contribution in [0.4, 0.5) is 0 Å². The molecule has 0 saturated carbocycles. The Balaban J connectivity index is 0. The van der Waals surface area contributed by atoms with Gasteiger partial charge in [-0.1, -0.05) is 104 Å². The van der Waals surface area contributed by atoms with Crippen LogP contribution in [-0.2, 0) is 4.79 Å². The van der Waals surface area contributed by atoms with Crippen molar-refractivity contribution < 1.29 is 9.69 Å². The monoisotopic (exact) mass is 466 g/mol. The summed E-state index contributed by atoms with van der Waals surface area (Å²) < 4.78 is 0. The first-order valence-electron chi connectivity index (χ1n) is 14.5. The van der Waals surface area contributed by atoms with Crippen LogP contribution in [0.5, 0.6) is 0 Å². The van der Waals surface area contributed by atoms with Crippen LogP contribution in [0.1, 0.15) is 143 Å². The molecule has 198 valence electrons. The summed E-state index contributed by atoms with van der Waals surface area (Å²) in [6.45, 7) is 11.1. The molecule has 0 aliphatic heterocycles. The zero-order valence-electron chi connectivity index (χ0n) is 23.3. The van der Waals surface area contributed by atoms with Gasteiger partial charge in [0.15, 0.2) is 0 Å². The number of hydrogen-bond donors (Lipinski definition) is 2.